The molecule has 0 bridgehead atoms. The van der Waals surface area contributed by atoms with E-state index in [1.165, 1.54) is 0 Å². The van der Waals surface area contributed by atoms with Crippen molar-refractivity contribution < 1.29 is 0 Å². The van der Waals surface area contributed by atoms with Crippen molar-refractivity contribution in [1.82, 2.24) is 24.8 Å². The fourth-order valence-electron chi connectivity index (χ4n) is 4.54. The van der Waals surface area contributed by atoms with Crippen molar-refractivity contribution in [2.45, 2.75) is 0 Å². The maximum atomic E-state index is 12.6. The lowest BCUT2D eigenvalue weighted by Crippen LogP contribution is -2.54. The molecule has 1 aliphatic heterocycles. The van der Waals surface area contributed by atoms with Gasteiger partial charge in [0, 0.05) is 36.6 Å². The number of para-hydroxylation sites is 2. The van der Waals surface area contributed by atoms with Gasteiger partial charge in [0.15, 0.2) is 5.82 Å². The zero-order valence-corrected chi connectivity index (χ0v) is 18.5. The van der Waals surface area contributed by atoms with Crippen LogP contribution in [0.5, 0.6) is 0 Å². The topological polar surface area (TPSA) is 82.9 Å². The van der Waals surface area contributed by atoms with E-state index in [2.05, 4.69) is 48.3 Å². The maximum Gasteiger partial charge on any atom is 0.345 e. The Bertz CT molecular complexity index is 1490. The molecule has 0 spiro atoms. The minimum atomic E-state index is -0.109. The number of aromatic nitrogens is 5. The number of hydrogen-bond donors (Lipinski definition) is 1. The molecule has 0 amide bonds. The van der Waals surface area contributed by atoms with E-state index < -0.39 is 0 Å². The minimum absolute atomic E-state index is 0.109. The van der Waals surface area contributed by atoms with Gasteiger partial charge in [-0.25, -0.2) is 9.47 Å². The van der Waals surface area contributed by atoms with Gasteiger partial charge in [-0.05, 0) is 35.9 Å². The number of aromatic amines is 1. The van der Waals surface area contributed by atoms with Crippen molar-refractivity contribution in [3.8, 4) is 22.4 Å². The first-order valence-corrected chi connectivity index (χ1v) is 11.3. The van der Waals surface area contributed by atoms with Crippen LogP contribution in [0.1, 0.15) is 0 Å². The molecule has 4 heterocycles. The summed E-state index contributed by atoms with van der Waals surface area (Å²) >= 11 is 0. The highest BCUT2D eigenvalue weighted by Crippen LogP contribution is 2.32. The van der Waals surface area contributed by atoms with Crippen molar-refractivity contribution in [2.24, 2.45) is 0 Å². The maximum absolute atomic E-state index is 12.6. The highest BCUT2D eigenvalue weighted by Gasteiger charge is 2.23. The van der Waals surface area contributed by atoms with Gasteiger partial charge in [-0.15, -0.1) is 10.2 Å². The summed E-state index contributed by atoms with van der Waals surface area (Å²) in [6.45, 7) is 2.89. The monoisotopic (exact) mass is 449 g/mol. The van der Waals surface area contributed by atoms with Crippen molar-refractivity contribution >= 4 is 16.9 Å². The Morgan fingerprint density at radius 3 is 2.29 bits per heavy atom. The first-order valence-electron chi connectivity index (χ1n) is 11.3. The summed E-state index contributed by atoms with van der Waals surface area (Å²) in [7, 11) is 0. The van der Waals surface area contributed by atoms with Crippen molar-refractivity contribution in [2.75, 3.05) is 36.1 Å². The lowest BCUT2D eigenvalue weighted by Gasteiger charge is -2.36. The molecule has 3 aromatic heterocycles. The predicted molar refractivity (Wildman–Crippen MR) is 133 cm³/mol. The molecule has 1 aliphatic rings. The van der Waals surface area contributed by atoms with Gasteiger partial charge in [0.2, 0.25) is 0 Å². The standard InChI is InChI=1S/C26H23N7O/c34-26-28-22-8-4-5-9-23(22)33(26)32-16-14-31(15-17-32)24-18-21(19-6-2-1-3-7-19)25(30-29-24)20-10-12-27-13-11-20/h1-13,18H,14-17H2,(H,28,34). The smallest absolute Gasteiger partial charge is 0.345 e. The molecule has 1 fully saturated rings. The summed E-state index contributed by atoms with van der Waals surface area (Å²) in [4.78, 5) is 21.9. The lowest BCUT2D eigenvalue weighted by molar-refractivity contribution is 0.524. The van der Waals surface area contributed by atoms with E-state index in [1.807, 2.05) is 54.6 Å². The Hall–Kier alpha value is -4.46. The van der Waals surface area contributed by atoms with Crippen LogP contribution in [-0.4, -0.2) is 51.0 Å². The van der Waals surface area contributed by atoms with Crippen molar-refractivity contribution in [3.63, 3.8) is 0 Å². The highest BCUT2D eigenvalue weighted by molar-refractivity contribution is 5.82. The van der Waals surface area contributed by atoms with Crippen LogP contribution in [0, 0.1) is 0 Å². The first-order chi connectivity index (χ1) is 16.8. The van der Waals surface area contributed by atoms with Gasteiger partial charge < -0.3 is 14.9 Å². The Morgan fingerprint density at radius 2 is 1.50 bits per heavy atom. The molecule has 0 saturated carbocycles. The molecule has 1 saturated heterocycles. The van der Waals surface area contributed by atoms with Crippen LogP contribution in [0.25, 0.3) is 33.4 Å². The zero-order chi connectivity index (χ0) is 22.9. The molecular formula is C26H23N7O. The third kappa shape index (κ3) is 3.59. The number of nitrogens with zero attached hydrogens (tertiary/aromatic N) is 6. The van der Waals surface area contributed by atoms with Crippen LogP contribution >= 0.6 is 0 Å². The van der Waals surface area contributed by atoms with Crippen molar-refractivity contribution in [3.05, 3.63) is 95.7 Å². The number of imidazole rings is 1. The van der Waals surface area contributed by atoms with E-state index in [9.17, 15) is 4.79 Å². The Labute approximate surface area is 196 Å². The Morgan fingerprint density at radius 1 is 0.765 bits per heavy atom. The number of piperazine rings is 1. The molecule has 168 valence electrons. The Kier molecular flexibility index (Phi) is 5.03. The van der Waals surface area contributed by atoms with Crippen LogP contribution in [0.15, 0.2) is 90.0 Å². The van der Waals surface area contributed by atoms with Crippen LogP contribution < -0.4 is 15.6 Å². The summed E-state index contributed by atoms with van der Waals surface area (Å²) in [6, 6.07) is 24.0. The van der Waals surface area contributed by atoms with Gasteiger partial charge in [0.05, 0.1) is 24.1 Å². The van der Waals surface area contributed by atoms with E-state index in [0.29, 0.717) is 13.1 Å². The van der Waals surface area contributed by atoms with E-state index in [0.717, 1.165) is 52.3 Å². The second kappa shape index (κ2) is 8.47. The van der Waals surface area contributed by atoms with Gasteiger partial charge >= 0.3 is 5.69 Å². The van der Waals surface area contributed by atoms with E-state index in [4.69, 9.17) is 0 Å². The summed E-state index contributed by atoms with van der Waals surface area (Å²) < 4.78 is 1.75. The molecular weight excluding hydrogens is 426 g/mol. The van der Waals surface area contributed by atoms with E-state index in [1.54, 1.807) is 17.1 Å². The zero-order valence-electron chi connectivity index (χ0n) is 18.5. The fraction of sp³-hybridized carbons (Fsp3) is 0.154. The molecule has 8 nitrogen and oxygen atoms in total. The number of pyridine rings is 1. The average Bonchev–Trinajstić information content (AvgIpc) is 3.25. The normalized spacial score (nSPS) is 14.0. The minimum Gasteiger partial charge on any atom is -0.351 e. The number of benzene rings is 2. The molecule has 34 heavy (non-hydrogen) atoms. The SMILES string of the molecule is O=c1[nH]c2ccccc2n1N1CCN(c2cc(-c3ccccc3)c(-c3ccncc3)nn2)CC1. The second-order valence-electron chi connectivity index (χ2n) is 8.27. The number of H-pyrrole nitrogens is 1. The quantitative estimate of drug-likeness (QED) is 0.453. The Balaban J connectivity index is 1.30. The molecule has 0 unspecified atom stereocenters. The third-order valence-corrected chi connectivity index (χ3v) is 6.25. The number of fused-ring (bicyclic) bond motifs is 1. The molecule has 0 aliphatic carbocycles. The van der Waals surface area contributed by atoms with Crippen LogP contribution in [0.4, 0.5) is 5.82 Å². The summed E-state index contributed by atoms with van der Waals surface area (Å²) in [6.07, 6.45) is 3.54. The number of anilines is 1. The van der Waals surface area contributed by atoms with Gasteiger partial charge in [-0.1, -0.05) is 42.5 Å². The van der Waals surface area contributed by atoms with Crippen LogP contribution in [-0.2, 0) is 0 Å². The molecule has 5 aromatic rings. The fourth-order valence-corrected chi connectivity index (χ4v) is 4.54. The van der Waals surface area contributed by atoms with Crippen LogP contribution in [0.3, 0.4) is 0 Å². The van der Waals surface area contributed by atoms with Gasteiger partial charge in [0.1, 0.15) is 5.69 Å². The largest absolute Gasteiger partial charge is 0.351 e. The van der Waals surface area contributed by atoms with Crippen molar-refractivity contribution in [1.29, 1.82) is 0 Å². The van der Waals surface area contributed by atoms with Gasteiger partial charge in [0.25, 0.3) is 0 Å². The van der Waals surface area contributed by atoms with Gasteiger partial charge in [-0.2, -0.15) is 0 Å². The highest BCUT2D eigenvalue weighted by atomic mass is 16.2. The summed E-state index contributed by atoms with van der Waals surface area (Å²) in [5.41, 5.74) is 5.58. The molecule has 1 N–H and O–H groups in total. The first kappa shape index (κ1) is 20.2. The summed E-state index contributed by atoms with van der Waals surface area (Å²) in [5, 5.41) is 11.3. The average molecular weight is 450 g/mol. The molecule has 2 aromatic carbocycles. The third-order valence-electron chi connectivity index (χ3n) is 6.25. The molecule has 8 heteroatoms. The molecule has 0 atom stereocenters. The lowest BCUT2D eigenvalue weighted by atomic mass is 10.0. The number of rotatable bonds is 4. The van der Waals surface area contributed by atoms with Gasteiger partial charge in [-0.3, -0.25) is 4.98 Å². The van der Waals surface area contributed by atoms with Crippen LogP contribution in [0.2, 0.25) is 0 Å². The second-order valence-corrected chi connectivity index (χ2v) is 8.27. The predicted octanol–water partition coefficient (Wildman–Crippen LogP) is 3.31. The molecule has 6 rings (SSSR count). The van der Waals surface area contributed by atoms with E-state index >= 15 is 0 Å². The number of hydrogen-bond acceptors (Lipinski definition) is 6. The van der Waals surface area contributed by atoms with E-state index in [-0.39, 0.29) is 5.69 Å². The number of nitrogens with one attached hydrogen (secondary N) is 1. The molecule has 0 radical (unpaired) electrons. The summed E-state index contributed by atoms with van der Waals surface area (Å²) in [5.74, 6) is 0.836.